The predicted octanol–water partition coefficient (Wildman–Crippen LogP) is 3.93. The van der Waals surface area contributed by atoms with Crippen LogP contribution in [0.25, 0.3) is 10.4 Å². The van der Waals surface area contributed by atoms with Crippen LogP contribution in [0.5, 0.6) is 5.88 Å². The number of carbonyl (C=O) groups is 1. The molecule has 2 aromatic heterocycles. The average molecular weight is 454 g/mol. The minimum absolute atomic E-state index is 0.0287. The van der Waals surface area contributed by atoms with Crippen molar-refractivity contribution in [2.45, 2.75) is 51.7 Å². The molecule has 4 rings (SSSR count). The summed E-state index contributed by atoms with van der Waals surface area (Å²) in [6.07, 6.45) is 4.60. The van der Waals surface area contributed by atoms with Crippen LogP contribution in [0.1, 0.15) is 43.7 Å². The highest BCUT2D eigenvalue weighted by Crippen LogP contribution is 2.38. The smallest absolute Gasteiger partial charge is 0.230 e. The maximum absolute atomic E-state index is 11.7. The highest BCUT2D eigenvalue weighted by Gasteiger charge is 2.35. The average Bonchev–Trinajstić information content (AvgIpc) is 3.16. The molecule has 3 aromatic rings. The summed E-state index contributed by atoms with van der Waals surface area (Å²) in [5.74, 6) is 0.939. The van der Waals surface area contributed by atoms with E-state index in [0.717, 1.165) is 21.7 Å². The SMILES string of the molecule is Cc1cc(Nc2nccc(OC(C)C)n2)cc(-c2cnc(C3(O)CCNC(=O)CC3)s2)c1. The maximum Gasteiger partial charge on any atom is 0.230 e. The van der Waals surface area contributed by atoms with Crippen LogP contribution in [0.2, 0.25) is 0 Å². The molecule has 1 aliphatic rings. The monoisotopic (exact) mass is 453 g/mol. The Kier molecular flexibility index (Phi) is 6.38. The van der Waals surface area contributed by atoms with Gasteiger partial charge in [-0.05, 0) is 50.5 Å². The summed E-state index contributed by atoms with van der Waals surface area (Å²) in [6, 6.07) is 7.82. The van der Waals surface area contributed by atoms with Gasteiger partial charge in [0.2, 0.25) is 17.7 Å². The molecule has 0 aliphatic carbocycles. The number of aryl methyl sites for hydroxylation is 1. The molecule has 1 atom stereocenters. The summed E-state index contributed by atoms with van der Waals surface area (Å²) in [4.78, 5) is 25.8. The van der Waals surface area contributed by atoms with Crippen molar-refractivity contribution in [3.05, 3.63) is 47.2 Å². The van der Waals surface area contributed by atoms with Crippen LogP contribution in [0, 0.1) is 6.92 Å². The van der Waals surface area contributed by atoms with Crippen LogP contribution in [-0.2, 0) is 10.4 Å². The van der Waals surface area contributed by atoms with Crippen molar-refractivity contribution in [2.24, 2.45) is 0 Å². The fourth-order valence-electron chi connectivity index (χ4n) is 3.62. The van der Waals surface area contributed by atoms with Gasteiger partial charge in [-0.2, -0.15) is 4.98 Å². The minimum atomic E-state index is -1.09. The second kappa shape index (κ2) is 9.22. The molecule has 1 amide bonds. The zero-order chi connectivity index (χ0) is 22.7. The van der Waals surface area contributed by atoms with E-state index in [9.17, 15) is 9.90 Å². The Morgan fingerprint density at radius 3 is 2.91 bits per heavy atom. The number of anilines is 2. The number of amides is 1. The quantitative estimate of drug-likeness (QED) is 0.519. The lowest BCUT2D eigenvalue weighted by atomic mass is 9.96. The molecule has 1 aromatic carbocycles. The lowest BCUT2D eigenvalue weighted by molar-refractivity contribution is -0.121. The molecule has 0 bridgehead atoms. The van der Waals surface area contributed by atoms with Gasteiger partial charge in [-0.15, -0.1) is 11.3 Å². The van der Waals surface area contributed by atoms with Gasteiger partial charge in [0.05, 0.1) is 11.0 Å². The zero-order valence-electron chi connectivity index (χ0n) is 18.4. The predicted molar refractivity (Wildman–Crippen MR) is 124 cm³/mol. The third-order valence-corrected chi connectivity index (χ3v) is 6.37. The number of hydrogen-bond donors (Lipinski definition) is 3. The maximum atomic E-state index is 11.7. The largest absolute Gasteiger partial charge is 0.475 e. The molecule has 168 valence electrons. The van der Waals surface area contributed by atoms with Crippen LogP contribution in [0.4, 0.5) is 11.6 Å². The van der Waals surface area contributed by atoms with Crippen LogP contribution < -0.4 is 15.4 Å². The van der Waals surface area contributed by atoms with E-state index < -0.39 is 5.60 Å². The van der Waals surface area contributed by atoms with Gasteiger partial charge in [0, 0.05) is 43.5 Å². The number of benzene rings is 1. The Bertz CT molecular complexity index is 1120. The number of hydrogen-bond acceptors (Lipinski definition) is 8. The normalized spacial score (nSPS) is 18.8. The Hall–Kier alpha value is -3.04. The van der Waals surface area contributed by atoms with E-state index >= 15 is 0 Å². The van der Waals surface area contributed by atoms with Gasteiger partial charge in [0.15, 0.2) is 0 Å². The molecule has 0 spiro atoms. The lowest BCUT2D eigenvalue weighted by Crippen LogP contribution is -2.27. The first-order valence-corrected chi connectivity index (χ1v) is 11.5. The topological polar surface area (TPSA) is 109 Å². The highest BCUT2D eigenvalue weighted by atomic mass is 32.1. The number of rotatable bonds is 6. The number of carbonyl (C=O) groups excluding carboxylic acids is 1. The lowest BCUT2D eigenvalue weighted by Gasteiger charge is -2.22. The van der Waals surface area contributed by atoms with Crippen LogP contribution in [-0.4, -0.2) is 38.6 Å². The van der Waals surface area contributed by atoms with E-state index in [2.05, 4.69) is 31.7 Å². The fourth-order valence-corrected chi connectivity index (χ4v) is 4.66. The van der Waals surface area contributed by atoms with E-state index in [4.69, 9.17) is 4.74 Å². The number of ether oxygens (including phenoxy) is 1. The number of aliphatic hydroxyl groups is 1. The van der Waals surface area contributed by atoms with Gasteiger partial charge in [0.25, 0.3) is 0 Å². The molecule has 1 unspecified atom stereocenters. The molecule has 1 saturated heterocycles. The third-order valence-electron chi connectivity index (χ3n) is 5.13. The van der Waals surface area contributed by atoms with Gasteiger partial charge in [-0.25, -0.2) is 9.97 Å². The van der Waals surface area contributed by atoms with E-state index in [1.165, 1.54) is 11.3 Å². The van der Waals surface area contributed by atoms with Crippen LogP contribution in [0.15, 0.2) is 36.7 Å². The van der Waals surface area contributed by atoms with E-state index in [1.807, 2.05) is 32.9 Å². The van der Waals surface area contributed by atoms with Crippen LogP contribution in [0.3, 0.4) is 0 Å². The van der Waals surface area contributed by atoms with Crippen molar-refractivity contribution in [1.29, 1.82) is 0 Å². The summed E-state index contributed by atoms with van der Waals surface area (Å²) in [5, 5.41) is 17.8. The number of thiazole rings is 1. The molecule has 32 heavy (non-hydrogen) atoms. The molecule has 1 fully saturated rings. The number of nitrogens with zero attached hydrogens (tertiary/aromatic N) is 3. The highest BCUT2D eigenvalue weighted by molar-refractivity contribution is 7.15. The second-order valence-corrected chi connectivity index (χ2v) is 9.29. The van der Waals surface area contributed by atoms with Gasteiger partial charge < -0.3 is 20.5 Å². The first-order valence-electron chi connectivity index (χ1n) is 10.6. The summed E-state index contributed by atoms with van der Waals surface area (Å²) in [7, 11) is 0. The van der Waals surface area contributed by atoms with Gasteiger partial charge in [0.1, 0.15) is 10.6 Å². The Balaban J connectivity index is 1.57. The molecular weight excluding hydrogens is 426 g/mol. The summed E-state index contributed by atoms with van der Waals surface area (Å²) in [5.41, 5.74) is 1.81. The minimum Gasteiger partial charge on any atom is -0.475 e. The zero-order valence-corrected chi connectivity index (χ0v) is 19.2. The Morgan fingerprint density at radius 1 is 1.25 bits per heavy atom. The summed E-state index contributed by atoms with van der Waals surface area (Å²) >= 11 is 1.46. The third kappa shape index (κ3) is 5.23. The molecule has 8 nitrogen and oxygen atoms in total. The molecule has 0 radical (unpaired) electrons. The molecular formula is C23H27N5O3S. The first-order chi connectivity index (χ1) is 15.3. The molecule has 0 saturated carbocycles. The van der Waals surface area contributed by atoms with Gasteiger partial charge in [-0.1, -0.05) is 6.07 Å². The molecule has 1 aliphatic heterocycles. The van der Waals surface area contributed by atoms with Crippen LogP contribution >= 0.6 is 11.3 Å². The van der Waals surface area contributed by atoms with Gasteiger partial charge >= 0.3 is 0 Å². The van der Waals surface area contributed by atoms with Crippen molar-refractivity contribution in [3.63, 3.8) is 0 Å². The summed E-state index contributed by atoms with van der Waals surface area (Å²) in [6.45, 7) is 6.37. The van der Waals surface area contributed by atoms with Gasteiger partial charge in [-0.3, -0.25) is 4.79 Å². The van der Waals surface area contributed by atoms with E-state index in [0.29, 0.717) is 42.6 Å². The second-order valence-electron chi connectivity index (χ2n) is 8.26. The Morgan fingerprint density at radius 2 is 2.09 bits per heavy atom. The van der Waals surface area contributed by atoms with E-state index in [1.54, 1.807) is 18.5 Å². The van der Waals surface area contributed by atoms with Crippen molar-refractivity contribution in [3.8, 4) is 16.3 Å². The molecule has 3 heterocycles. The van der Waals surface area contributed by atoms with Crippen molar-refractivity contribution >= 4 is 28.9 Å². The standard InChI is InChI=1S/C23H27N5O3S/c1-14(2)31-20-5-8-25-22(28-20)27-17-11-15(3)10-16(12-17)18-13-26-21(32-18)23(30)6-4-19(29)24-9-7-23/h5,8,10-14,30H,4,6-7,9H2,1-3H3,(H,24,29)(H,25,27,28). The number of aromatic nitrogens is 3. The Labute approximate surface area is 191 Å². The number of nitrogens with one attached hydrogen (secondary N) is 2. The fraction of sp³-hybridized carbons (Fsp3) is 0.391. The first kappa shape index (κ1) is 22.2. The molecule has 9 heteroatoms. The van der Waals surface area contributed by atoms with Crippen molar-refractivity contribution in [1.82, 2.24) is 20.3 Å². The summed E-state index contributed by atoms with van der Waals surface area (Å²) < 4.78 is 5.65. The van der Waals surface area contributed by atoms with Crippen molar-refractivity contribution < 1.29 is 14.6 Å². The van der Waals surface area contributed by atoms with E-state index in [-0.39, 0.29) is 12.0 Å². The molecule has 3 N–H and O–H groups in total. The van der Waals surface area contributed by atoms with Crippen molar-refractivity contribution in [2.75, 3.05) is 11.9 Å².